The van der Waals surface area contributed by atoms with Gasteiger partial charge in [0.15, 0.2) is 0 Å². The molecule has 0 atom stereocenters. The van der Waals surface area contributed by atoms with Gasteiger partial charge in [0.2, 0.25) is 0 Å². The first-order valence-corrected chi connectivity index (χ1v) is 6.34. The number of aromatic carboxylic acids is 1. The topological polar surface area (TPSA) is 92.5 Å². The second kappa shape index (κ2) is 5.07. The number of nitro benzene ring substituents is 1. The van der Waals surface area contributed by atoms with Crippen LogP contribution < -0.4 is 5.32 Å². The van der Waals surface area contributed by atoms with Crippen LogP contribution in [0.4, 0.5) is 15.8 Å². The SMILES string of the molecule is CCC1(CNc2cc(C(=O)O)c(F)cc2[N+](=O)[O-])CC1. The molecule has 1 aromatic carbocycles. The number of halogens is 1. The van der Waals surface area contributed by atoms with Gasteiger partial charge in [0.25, 0.3) is 5.69 Å². The molecule has 0 aromatic heterocycles. The lowest BCUT2D eigenvalue weighted by Gasteiger charge is -2.15. The fourth-order valence-corrected chi connectivity index (χ4v) is 2.13. The molecule has 0 radical (unpaired) electrons. The third kappa shape index (κ3) is 2.71. The molecule has 0 spiro atoms. The highest BCUT2D eigenvalue weighted by Crippen LogP contribution is 2.48. The van der Waals surface area contributed by atoms with Gasteiger partial charge in [-0.3, -0.25) is 10.1 Å². The number of nitrogens with zero attached hydrogens (tertiary/aromatic N) is 1. The number of benzene rings is 1. The highest BCUT2D eigenvalue weighted by atomic mass is 19.1. The van der Waals surface area contributed by atoms with Crippen LogP contribution in [0.3, 0.4) is 0 Å². The number of rotatable bonds is 6. The molecule has 1 aliphatic rings. The zero-order chi connectivity index (χ0) is 14.9. The minimum Gasteiger partial charge on any atom is -0.478 e. The summed E-state index contributed by atoms with van der Waals surface area (Å²) in [7, 11) is 0. The summed E-state index contributed by atoms with van der Waals surface area (Å²) in [5, 5.41) is 22.7. The molecular formula is C13H15FN2O4. The molecule has 0 bridgehead atoms. The molecule has 1 saturated carbocycles. The summed E-state index contributed by atoms with van der Waals surface area (Å²) in [5.74, 6) is -2.55. The van der Waals surface area contributed by atoms with E-state index in [1.165, 1.54) is 0 Å². The average Bonchev–Trinajstić information content (AvgIpc) is 3.17. The summed E-state index contributed by atoms with van der Waals surface area (Å²) < 4.78 is 13.5. The first-order valence-electron chi connectivity index (χ1n) is 6.34. The number of carbonyl (C=O) groups is 1. The first-order chi connectivity index (χ1) is 9.38. The van der Waals surface area contributed by atoms with Crippen LogP contribution in [0.5, 0.6) is 0 Å². The third-order valence-electron chi connectivity index (χ3n) is 3.87. The standard InChI is InChI=1S/C13H15FN2O4/c1-2-13(3-4-13)7-15-10-5-8(12(17)18)9(14)6-11(10)16(19)20/h5-6,15H,2-4,7H2,1H3,(H,17,18). The van der Waals surface area contributed by atoms with E-state index < -0.39 is 28.0 Å². The van der Waals surface area contributed by atoms with Crippen LogP contribution in [0.25, 0.3) is 0 Å². The van der Waals surface area contributed by atoms with Crippen LogP contribution in [0.1, 0.15) is 36.5 Å². The second-order valence-electron chi connectivity index (χ2n) is 5.12. The Labute approximate surface area is 114 Å². The van der Waals surface area contributed by atoms with Crippen LogP contribution >= 0.6 is 0 Å². The Kier molecular flexibility index (Phi) is 3.61. The highest BCUT2D eigenvalue weighted by molar-refractivity contribution is 5.90. The van der Waals surface area contributed by atoms with E-state index in [-0.39, 0.29) is 11.1 Å². The van der Waals surface area contributed by atoms with Gasteiger partial charge in [0, 0.05) is 6.54 Å². The van der Waals surface area contributed by atoms with E-state index >= 15 is 0 Å². The fraction of sp³-hybridized carbons (Fsp3) is 0.462. The number of nitro groups is 1. The number of nitrogens with one attached hydrogen (secondary N) is 1. The van der Waals surface area contributed by atoms with Crippen molar-refractivity contribution < 1.29 is 19.2 Å². The van der Waals surface area contributed by atoms with Crippen molar-refractivity contribution in [3.05, 3.63) is 33.6 Å². The molecule has 0 heterocycles. The van der Waals surface area contributed by atoms with Crippen molar-refractivity contribution in [1.29, 1.82) is 0 Å². The van der Waals surface area contributed by atoms with E-state index in [9.17, 15) is 19.3 Å². The summed E-state index contributed by atoms with van der Waals surface area (Å²) in [6.07, 6.45) is 3.02. The zero-order valence-corrected chi connectivity index (χ0v) is 11.0. The molecule has 2 rings (SSSR count). The molecule has 108 valence electrons. The van der Waals surface area contributed by atoms with Gasteiger partial charge >= 0.3 is 5.97 Å². The molecular weight excluding hydrogens is 267 g/mol. The third-order valence-corrected chi connectivity index (χ3v) is 3.87. The average molecular weight is 282 g/mol. The molecule has 0 unspecified atom stereocenters. The molecule has 2 N–H and O–H groups in total. The Balaban J connectivity index is 2.31. The van der Waals surface area contributed by atoms with E-state index in [0.29, 0.717) is 12.6 Å². The van der Waals surface area contributed by atoms with Crippen molar-refractivity contribution in [2.45, 2.75) is 26.2 Å². The quantitative estimate of drug-likeness (QED) is 0.618. The lowest BCUT2D eigenvalue weighted by molar-refractivity contribution is -0.384. The van der Waals surface area contributed by atoms with Gasteiger partial charge in [-0.15, -0.1) is 0 Å². The van der Waals surface area contributed by atoms with Crippen molar-refractivity contribution >= 4 is 17.3 Å². The lowest BCUT2D eigenvalue weighted by atomic mass is 10.0. The molecule has 1 fully saturated rings. The Morgan fingerprint density at radius 2 is 2.20 bits per heavy atom. The van der Waals surface area contributed by atoms with E-state index in [4.69, 9.17) is 5.11 Å². The van der Waals surface area contributed by atoms with E-state index in [1.807, 2.05) is 6.92 Å². The largest absolute Gasteiger partial charge is 0.478 e. The van der Waals surface area contributed by atoms with Gasteiger partial charge < -0.3 is 10.4 Å². The van der Waals surface area contributed by atoms with Gasteiger partial charge in [-0.25, -0.2) is 9.18 Å². The molecule has 7 heteroatoms. The minimum atomic E-state index is -1.45. The summed E-state index contributed by atoms with van der Waals surface area (Å²) in [6, 6.07) is 1.64. The summed E-state index contributed by atoms with van der Waals surface area (Å²) in [6.45, 7) is 2.56. The predicted octanol–water partition coefficient (Wildman–Crippen LogP) is 3.03. The molecule has 0 saturated heterocycles. The van der Waals surface area contributed by atoms with Crippen molar-refractivity contribution in [1.82, 2.24) is 0 Å². The van der Waals surface area contributed by atoms with Crippen LogP contribution in [0, 0.1) is 21.3 Å². The monoisotopic (exact) mass is 282 g/mol. The predicted molar refractivity (Wildman–Crippen MR) is 70.5 cm³/mol. The van der Waals surface area contributed by atoms with Gasteiger partial charge in [-0.1, -0.05) is 6.92 Å². The highest BCUT2D eigenvalue weighted by Gasteiger charge is 2.40. The summed E-state index contributed by atoms with van der Waals surface area (Å²) >= 11 is 0. The first kappa shape index (κ1) is 14.2. The van der Waals surface area contributed by atoms with Gasteiger partial charge in [-0.05, 0) is 30.7 Å². The second-order valence-corrected chi connectivity index (χ2v) is 5.12. The number of carboxylic acid groups (broad SMARTS) is 1. The van der Waals surface area contributed by atoms with Gasteiger partial charge in [0.05, 0.1) is 16.6 Å². The van der Waals surface area contributed by atoms with Crippen LogP contribution in [-0.4, -0.2) is 22.5 Å². The Morgan fingerprint density at radius 3 is 2.65 bits per heavy atom. The van der Waals surface area contributed by atoms with E-state index in [1.54, 1.807) is 0 Å². The number of hydrogen-bond acceptors (Lipinski definition) is 4. The van der Waals surface area contributed by atoms with Crippen molar-refractivity contribution in [2.75, 3.05) is 11.9 Å². The van der Waals surface area contributed by atoms with Crippen LogP contribution in [0.2, 0.25) is 0 Å². The molecule has 0 aliphatic heterocycles. The lowest BCUT2D eigenvalue weighted by Crippen LogP contribution is -2.16. The maximum Gasteiger partial charge on any atom is 0.338 e. The Morgan fingerprint density at radius 1 is 1.55 bits per heavy atom. The molecule has 1 aliphatic carbocycles. The number of hydrogen-bond donors (Lipinski definition) is 2. The van der Waals surface area contributed by atoms with E-state index in [2.05, 4.69) is 5.32 Å². The van der Waals surface area contributed by atoms with E-state index in [0.717, 1.165) is 25.3 Å². The van der Waals surface area contributed by atoms with Crippen molar-refractivity contribution in [3.63, 3.8) is 0 Å². The maximum absolute atomic E-state index is 13.5. The van der Waals surface area contributed by atoms with Gasteiger partial charge in [-0.2, -0.15) is 0 Å². The normalized spacial score (nSPS) is 15.7. The van der Waals surface area contributed by atoms with Crippen molar-refractivity contribution in [2.24, 2.45) is 5.41 Å². The molecule has 6 nitrogen and oxygen atoms in total. The molecule has 0 amide bonds. The fourth-order valence-electron chi connectivity index (χ4n) is 2.13. The van der Waals surface area contributed by atoms with Crippen LogP contribution in [-0.2, 0) is 0 Å². The summed E-state index contributed by atoms with van der Waals surface area (Å²) in [5.41, 5.74) is -0.835. The van der Waals surface area contributed by atoms with Gasteiger partial charge in [0.1, 0.15) is 11.5 Å². The Bertz CT molecular complexity index is 570. The smallest absolute Gasteiger partial charge is 0.338 e. The Hall–Kier alpha value is -2.18. The maximum atomic E-state index is 13.5. The number of carboxylic acids is 1. The summed E-state index contributed by atoms with van der Waals surface area (Å²) in [4.78, 5) is 21.1. The van der Waals surface area contributed by atoms with Crippen LogP contribution in [0.15, 0.2) is 12.1 Å². The molecule has 1 aromatic rings. The minimum absolute atomic E-state index is 0.0496. The molecule has 20 heavy (non-hydrogen) atoms. The zero-order valence-electron chi connectivity index (χ0n) is 11.0. The van der Waals surface area contributed by atoms with Crippen molar-refractivity contribution in [3.8, 4) is 0 Å². The number of anilines is 1.